The van der Waals surface area contributed by atoms with Crippen molar-refractivity contribution in [2.75, 3.05) is 0 Å². The molecule has 0 saturated heterocycles. The highest BCUT2D eigenvalue weighted by molar-refractivity contribution is 6.65. The largest absolute Gasteiger partial charge is 0.467 e. The monoisotopic (exact) mass is 248 g/mol. The van der Waals surface area contributed by atoms with Gasteiger partial charge in [0.2, 0.25) is 0 Å². The average molecular weight is 247 g/mol. The smallest absolute Gasteiger partial charge is 0.197 e. The van der Waals surface area contributed by atoms with Gasteiger partial charge in [0, 0.05) is 5.56 Å². The molecule has 0 amide bonds. The Bertz CT molecular complexity index is 610. The van der Waals surface area contributed by atoms with Crippen molar-refractivity contribution in [2.24, 2.45) is 0 Å². The number of carbonyl (C=O) groups is 1. The van der Waals surface area contributed by atoms with Crippen LogP contribution in [0.1, 0.15) is 15.9 Å². The van der Waals surface area contributed by atoms with Gasteiger partial charge in [-0.15, -0.1) is 0 Å². The molecule has 1 aliphatic carbocycles. The predicted molar refractivity (Wildman–Crippen MR) is 90.4 cm³/mol. The minimum Gasteiger partial charge on any atom is -0.467 e. The molecule has 1 aromatic rings. The van der Waals surface area contributed by atoms with E-state index < -0.39 is 10.8 Å². The van der Waals surface area contributed by atoms with Crippen LogP contribution in [0, 0.1) is 0 Å². The normalized spacial score (nSPS) is 24.1. The van der Waals surface area contributed by atoms with E-state index in [1.807, 2.05) is 43.5 Å². The summed E-state index contributed by atoms with van der Waals surface area (Å²) >= 11 is 0. The number of hydrogen-bond donors (Lipinski definition) is 0. The number of benzene rings is 1. The van der Waals surface area contributed by atoms with E-state index >= 15 is 0 Å². The summed E-state index contributed by atoms with van der Waals surface area (Å²) in [5, 5.41) is -0.607. The van der Waals surface area contributed by atoms with Gasteiger partial charge in [0.15, 0.2) is 38.6 Å². The van der Waals surface area contributed by atoms with Crippen LogP contribution in [0.3, 0.4) is 0 Å². The maximum absolute atomic E-state index is 12.6. The van der Waals surface area contributed by atoms with Crippen LogP contribution in [0.15, 0.2) is 12.1 Å². The van der Waals surface area contributed by atoms with E-state index in [2.05, 4.69) is 15.7 Å². The van der Waals surface area contributed by atoms with E-state index in [-0.39, 0.29) is 11.0 Å². The Morgan fingerprint density at radius 2 is 1.37 bits per heavy atom. The van der Waals surface area contributed by atoms with Gasteiger partial charge in [0.05, 0.1) is 0 Å². The van der Waals surface area contributed by atoms with Crippen molar-refractivity contribution >= 4 is 52.9 Å². The Morgan fingerprint density at radius 3 is 1.95 bits per heavy atom. The van der Waals surface area contributed by atoms with Gasteiger partial charge in [-0.25, -0.2) is 0 Å². The predicted octanol–water partition coefficient (Wildman–Crippen LogP) is -4.67. The lowest BCUT2D eigenvalue weighted by molar-refractivity contribution is 0.0830. The molecule has 3 rings (SSSR count). The van der Waals surface area contributed by atoms with Gasteiger partial charge in [0.1, 0.15) is 31.4 Å². The van der Waals surface area contributed by atoms with Crippen molar-refractivity contribution in [3.05, 3.63) is 23.3 Å². The third-order valence-electron chi connectivity index (χ3n) is 4.84. The molecule has 0 aromatic heterocycles. The molecule has 1 aromatic carbocycles. The van der Waals surface area contributed by atoms with E-state index in [1.165, 1.54) is 0 Å². The van der Waals surface area contributed by atoms with E-state index in [9.17, 15) is 4.79 Å². The van der Waals surface area contributed by atoms with Crippen LogP contribution in [0.4, 0.5) is 0 Å². The molecule has 0 bridgehead atoms. The molecule has 0 spiro atoms. The highest BCUT2D eigenvalue weighted by atomic mass is 16.7. The third kappa shape index (κ3) is 1.50. The van der Waals surface area contributed by atoms with Crippen molar-refractivity contribution in [3.8, 4) is 11.5 Å². The lowest BCUT2D eigenvalue weighted by Crippen LogP contribution is -2.42. The minimum atomic E-state index is -0.653. The minimum absolute atomic E-state index is 0.184. The molecule has 19 heavy (non-hydrogen) atoms. The van der Waals surface area contributed by atoms with Crippen LogP contribution in [-0.2, 0) is 5.21 Å². The van der Waals surface area contributed by atoms with Crippen molar-refractivity contribution in [1.82, 2.24) is 0 Å². The number of Topliss-reactive ketones (excluding diaryl/α,β-unsaturated/α-hetero) is 1. The fraction of sp³-hybridized carbons (Fsp3) is 0.300. The molecule has 0 fully saturated rings. The number of fused-ring (bicyclic) bond motifs is 2. The topological polar surface area (TPSA) is 35.5 Å². The Balaban J connectivity index is 2.21. The molecule has 9 heteroatoms. The van der Waals surface area contributed by atoms with Gasteiger partial charge in [-0.2, -0.15) is 0 Å². The molecule has 0 radical (unpaired) electrons. The Kier molecular flexibility index (Phi) is 2.24. The summed E-state index contributed by atoms with van der Waals surface area (Å²) < 4.78 is 11.5. The maximum atomic E-state index is 12.6. The lowest BCUT2D eigenvalue weighted by Gasteiger charge is -2.34. The molecule has 0 unspecified atom stereocenters. The van der Waals surface area contributed by atoms with Gasteiger partial charge < -0.3 is 9.47 Å². The second-order valence-electron chi connectivity index (χ2n) is 7.03. The second-order valence-corrected chi connectivity index (χ2v) is 7.03. The first-order valence-corrected chi connectivity index (χ1v) is 6.68. The first-order chi connectivity index (χ1) is 8.56. The van der Waals surface area contributed by atoms with Crippen molar-refractivity contribution in [3.63, 3.8) is 0 Å². The summed E-state index contributed by atoms with van der Waals surface area (Å²) in [6, 6.07) is 3.82. The van der Waals surface area contributed by atoms with Crippen LogP contribution >= 0.6 is 0 Å². The number of carbonyl (C=O) groups excluding carboxylic acids is 1. The highest BCUT2D eigenvalue weighted by Gasteiger charge is 2.52. The van der Waals surface area contributed by atoms with Crippen LogP contribution in [0.25, 0.3) is 0 Å². The number of ketones is 1. The molecule has 2 aliphatic rings. The zero-order valence-corrected chi connectivity index (χ0v) is 12.4. The third-order valence-corrected chi connectivity index (χ3v) is 4.84. The summed E-state index contributed by atoms with van der Waals surface area (Å²) in [7, 11) is 12.0. The maximum Gasteiger partial charge on any atom is 0.197 e. The van der Waals surface area contributed by atoms with E-state index in [0.29, 0.717) is 5.75 Å². The lowest BCUT2D eigenvalue weighted by atomic mass is 9.30. The standard InChI is InChI=1S/C10H14B6O3/c11-8(12)4-2-6-5(18-10(15,16)19-6)1-3(4)7(17)9(8,13)14/h1-2H,11-16H2. The van der Waals surface area contributed by atoms with Crippen LogP contribution < -0.4 is 9.47 Å². The molecule has 0 N–H and O–H groups in total. The molecule has 0 atom stereocenters. The van der Waals surface area contributed by atoms with Crippen LogP contribution in [0.2, 0.25) is 5.21 Å². The van der Waals surface area contributed by atoms with E-state index in [1.54, 1.807) is 0 Å². The van der Waals surface area contributed by atoms with Gasteiger partial charge in [-0.05, 0) is 22.9 Å². The van der Waals surface area contributed by atoms with E-state index in [0.717, 1.165) is 16.9 Å². The fourth-order valence-electron chi connectivity index (χ4n) is 2.93. The second kappa shape index (κ2) is 3.31. The Morgan fingerprint density at radius 1 is 0.842 bits per heavy atom. The number of ether oxygens (including phenoxy) is 2. The summed E-state index contributed by atoms with van der Waals surface area (Å²) in [6.45, 7) is 0. The quantitative estimate of drug-likeness (QED) is 0.432. The Labute approximate surface area is 118 Å². The van der Waals surface area contributed by atoms with Crippen LogP contribution in [-0.4, -0.2) is 58.4 Å². The molecular formula is C10H14B6O3. The highest BCUT2D eigenvalue weighted by Crippen LogP contribution is 2.52. The molecule has 3 nitrogen and oxygen atoms in total. The summed E-state index contributed by atoms with van der Waals surface area (Å²) in [5.74, 6) is 1.59. The average Bonchev–Trinajstić information content (AvgIpc) is 2.63. The van der Waals surface area contributed by atoms with Gasteiger partial charge in [-0.3, -0.25) is 4.79 Å². The Hall–Kier alpha value is -1.12. The zero-order valence-electron chi connectivity index (χ0n) is 12.4. The van der Waals surface area contributed by atoms with Crippen molar-refractivity contribution in [1.29, 1.82) is 0 Å². The van der Waals surface area contributed by atoms with Gasteiger partial charge in [-0.1, -0.05) is 5.21 Å². The molecule has 90 valence electrons. The summed E-state index contributed by atoms with van der Waals surface area (Å²) in [4.78, 5) is 12.6. The fourth-order valence-corrected chi connectivity index (χ4v) is 2.93. The van der Waals surface area contributed by atoms with Gasteiger partial charge in [0.25, 0.3) is 0 Å². The van der Waals surface area contributed by atoms with E-state index in [4.69, 9.17) is 9.47 Å². The van der Waals surface area contributed by atoms with Gasteiger partial charge >= 0.3 is 0 Å². The molecule has 1 aliphatic heterocycles. The zero-order chi connectivity index (χ0) is 14.2. The first-order valence-electron chi connectivity index (χ1n) is 6.68. The summed E-state index contributed by atoms with van der Waals surface area (Å²) in [6.07, 6.45) is 0. The van der Waals surface area contributed by atoms with Crippen molar-refractivity contribution in [2.45, 2.75) is 16.0 Å². The molecule has 1 heterocycles. The number of rotatable bonds is 0. The molecule has 0 saturated carbocycles. The summed E-state index contributed by atoms with van der Waals surface area (Å²) in [5.41, 5.74) is 1.18. The van der Waals surface area contributed by atoms with Crippen molar-refractivity contribution < 1.29 is 14.3 Å². The molecular weight excluding hydrogens is 233 g/mol. The number of hydrogen-bond acceptors (Lipinski definition) is 3. The SMILES string of the molecule is BC1(B)Oc2cc3c(cc2O1)C(B)(B)C(B)(B)C3=O. The first kappa shape index (κ1) is 12.9. The van der Waals surface area contributed by atoms with Crippen LogP contribution in [0.5, 0.6) is 11.5 Å².